The van der Waals surface area contributed by atoms with Crippen LogP contribution < -0.4 is 4.74 Å². The Labute approximate surface area is 82.3 Å². The average molecular weight is 194 g/mol. The predicted octanol–water partition coefficient (Wildman–Crippen LogP) is 1.89. The molecule has 1 unspecified atom stereocenters. The zero-order valence-electron chi connectivity index (χ0n) is 7.83. The van der Waals surface area contributed by atoms with E-state index in [1.165, 1.54) is 18.2 Å². The molecule has 0 aliphatic heterocycles. The van der Waals surface area contributed by atoms with Gasteiger partial charge in [0.25, 0.3) is 0 Å². The first kappa shape index (κ1) is 10.6. The summed E-state index contributed by atoms with van der Waals surface area (Å²) < 4.78 is 17.9. The maximum Gasteiger partial charge on any atom is 0.148 e. The van der Waals surface area contributed by atoms with E-state index in [2.05, 4.69) is 5.92 Å². The van der Waals surface area contributed by atoms with Crippen LogP contribution in [0.25, 0.3) is 0 Å². The lowest BCUT2D eigenvalue weighted by atomic mass is 10.1. The van der Waals surface area contributed by atoms with Crippen LogP contribution in [0.3, 0.4) is 0 Å². The van der Waals surface area contributed by atoms with E-state index in [-0.39, 0.29) is 12.4 Å². The van der Waals surface area contributed by atoms with Crippen LogP contribution in [0.15, 0.2) is 18.2 Å². The molecule has 74 valence electrons. The van der Waals surface area contributed by atoms with E-state index in [0.29, 0.717) is 5.56 Å². The molecule has 0 saturated heterocycles. The van der Waals surface area contributed by atoms with Crippen molar-refractivity contribution in [1.82, 2.24) is 0 Å². The van der Waals surface area contributed by atoms with Crippen molar-refractivity contribution in [3.63, 3.8) is 0 Å². The minimum atomic E-state index is -0.705. The minimum absolute atomic E-state index is 0.0587. The maximum absolute atomic E-state index is 12.8. The van der Waals surface area contributed by atoms with Crippen molar-refractivity contribution in [2.24, 2.45) is 0 Å². The van der Waals surface area contributed by atoms with Crippen molar-refractivity contribution in [2.75, 3.05) is 6.61 Å². The number of aliphatic hydroxyl groups excluding tert-OH is 1. The van der Waals surface area contributed by atoms with Crippen molar-refractivity contribution < 1.29 is 14.2 Å². The number of halogens is 1. The molecule has 1 aromatic rings. The fraction of sp³-hybridized carbons (Fsp3) is 0.273. The number of benzene rings is 1. The first-order valence-corrected chi connectivity index (χ1v) is 4.19. The van der Waals surface area contributed by atoms with Gasteiger partial charge in [-0.3, -0.25) is 0 Å². The Morgan fingerprint density at radius 1 is 1.64 bits per heavy atom. The standard InChI is InChI=1S/C11H11FO2/c1-3-6-14-11-7-9(12)4-5-10(11)8(2)13/h1,4-5,7-8,13H,6H2,2H3. The molecule has 1 aromatic carbocycles. The van der Waals surface area contributed by atoms with Gasteiger partial charge in [0.1, 0.15) is 18.2 Å². The molecule has 0 saturated carbocycles. The molecule has 0 spiro atoms. The molecule has 0 radical (unpaired) electrons. The second kappa shape index (κ2) is 4.64. The van der Waals surface area contributed by atoms with E-state index in [4.69, 9.17) is 11.2 Å². The van der Waals surface area contributed by atoms with Crippen LogP contribution in [0.1, 0.15) is 18.6 Å². The molecule has 0 aliphatic rings. The molecule has 14 heavy (non-hydrogen) atoms. The highest BCUT2D eigenvalue weighted by molar-refractivity contribution is 5.35. The normalized spacial score (nSPS) is 11.9. The maximum atomic E-state index is 12.8. The first-order valence-electron chi connectivity index (χ1n) is 4.19. The number of terminal acetylenes is 1. The quantitative estimate of drug-likeness (QED) is 0.744. The topological polar surface area (TPSA) is 29.5 Å². The van der Waals surface area contributed by atoms with E-state index in [1.54, 1.807) is 6.92 Å². The molecule has 0 fully saturated rings. The Bertz CT molecular complexity index is 353. The third kappa shape index (κ3) is 2.48. The number of hydrogen-bond donors (Lipinski definition) is 1. The molecule has 1 N–H and O–H groups in total. The Morgan fingerprint density at radius 3 is 2.93 bits per heavy atom. The summed E-state index contributed by atoms with van der Waals surface area (Å²) in [6.45, 7) is 1.64. The summed E-state index contributed by atoms with van der Waals surface area (Å²) in [7, 11) is 0. The van der Waals surface area contributed by atoms with E-state index < -0.39 is 11.9 Å². The van der Waals surface area contributed by atoms with Crippen LogP contribution in [0.5, 0.6) is 5.75 Å². The summed E-state index contributed by atoms with van der Waals surface area (Å²) in [5, 5.41) is 9.34. The molecule has 3 heteroatoms. The van der Waals surface area contributed by atoms with Gasteiger partial charge in [0.15, 0.2) is 0 Å². The Kier molecular flexibility index (Phi) is 3.49. The van der Waals surface area contributed by atoms with Gasteiger partial charge >= 0.3 is 0 Å². The van der Waals surface area contributed by atoms with Crippen molar-refractivity contribution in [3.8, 4) is 18.1 Å². The Balaban J connectivity index is 2.98. The van der Waals surface area contributed by atoms with Gasteiger partial charge in [-0.05, 0) is 19.1 Å². The molecule has 0 amide bonds. The monoisotopic (exact) mass is 194 g/mol. The molecule has 0 aromatic heterocycles. The van der Waals surface area contributed by atoms with Gasteiger partial charge in [-0.15, -0.1) is 6.42 Å². The van der Waals surface area contributed by atoms with E-state index in [0.717, 1.165) is 0 Å². The molecule has 0 heterocycles. The largest absolute Gasteiger partial charge is 0.480 e. The predicted molar refractivity (Wildman–Crippen MR) is 51.4 cm³/mol. The van der Waals surface area contributed by atoms with Crippen LogP contribution in [0, 0.1) is 18.2 Å². The summed E-state index contributed by atoms with van der Waals surface area (Å²) in [6.07, 6.45) is 4.30. The van der Waals surface area contributed by atoms with Crippen LogP contribution in [-0.4, -0.2) is 11.7 Å². The Morgan fingerprint density at radius 2 is 2.36 bits per heavy atom. The van der Waals surface area contributed by atoms with E-state index in [1.807, 2.05) is 0 Å². The van der Waals surface area contributed by atoms with Crippen LogP contribution in [-0.2, 0) is 0 Å². The lowest BCUT2D eigenvalue weighted by Crippen LogP contribution is -2.01. The number of aliphatic hydroxyl groups is 1. The van der Waals surface area contributed by atoms with E-state index in [9.17, 15) is 9.50 Å². The lowest BCUT2D eigenvalue weighted by Gasteiger charge is -2.11. The fourth-order valence-corrected chi connectivity index (χ4v) is 1.10. The number of rotatable bonds is 3. The summed E-state index contributed by atoms with van der Waals surface area (Å²) in [6, 6.07) is 3.95. The minimum Gasteiger partial charge on any atom is -0.480 e. The second-order valence-electron chi connectivity index (χ2n) is 2.85. The van der Waals surface area contributed by atoms with Crippen LogP contribution >= 0.6 is 0 Å². The molecular formula is C11H11FO2. The third-order valence-electron chi connectivity index (χ3n) is 1.74. The summed E-state index contributed by atoms with van der Waals surface area (Å²) in [5.41, 5.74) is 0.529. The highest BCUT2D eigenvalue weighted by Gasteiger charge is 2.09. The highest BCUT2D eigenvalue weighted by Crippen LogP contribution is 2.25. The van der Waals surface area contributed by atoms with Gasteiger partial charge in [-0.1, -0.05) is 5.92 Å². The molecule has 0 aliphatic carbocycles. The van der Waals surface area contributed by atoms with Gasteiger partial charge in [-0.2, -0.15) is 0 Å². The van der Waals surface area contributed by atoms with Gasteiger partial charge in [-0.25, -0.2) is 4.39 Å². The zero-order valence-corrected chi connectivity index (χ0v) is 7.83. The molecule has 1 atom stereocenters. The SMILES string of the molecule is C#CCOc1cc(F)ccc1C(C)O. The summed E-state index contributed by atoms with van der Waals surface area (Å²) in [4.78, 5) is 0. The summed E-state index contributed by atoms with van der Waals surface area (Å²) >= 11 is 0. The van der Waals surface area contributed by atoms with Gasteiger partial charge in [0.2, 0.25) is 0 Å². The molecule has 1 rings (SSSR count). The van der Waals surface area contributed by atoms with Gasteiger partial charge < -0.3 is 9.84 Å². The first-order chi connectivity index (χ1) is 6.65. The third-order valence-corrected chi connectivity index (χ3v) is 1.74. The number of ether oxygens (including phenoxy) is 1. The van der Waals surface area contributed by atoms with Crippen molar-refractivity contribution in [3.05, 3.63) is 29.6 Å². The average Bonchev–Trinajstić information content (AvgIpc) is 2.14. The molecular weight excluding hydrogens is 183 g/mol. The molecule has 2 nitrogen and oxygen atoms in total. The fourth-order valence-electron chi connectivity index (χ4n) is 1.10. The van der Waals surface area contributed by atoms with Gasteiger partial charge in [0.05, 0.1) is 6.10 Å². The van der Waals surface area contributed by atoms with E-state index >= 15 is 0 Å². The van der Waals surface area contributed by atoms with Crippen molar-refractivity contribution in [2.45, 2.75) is 13.0 Å². The van der Waals surface area contributed by atoms with Crippen molar-refractivity contribution in [1.29, 1.82) is 0 Å². The van der Waals surface area contributed by atoms with Crippen LogP contribution in [0.2, 0.25) is 0 Å². The Hall–Kier alpha value is -1.53. The summed E-state index contributed by atoms with van der Waals surface area (Å²) in [5.74, 6) is 2.15. The molecule has 0 bridgehead atoms. The smallest absolute Gasteiger partial charge is 0.148 e. The number of hydrogen-bond acceptors (Lipinski definition) is 2. The van der Waals surface area contributed by atoms with Crippen molar-refractivity contribution >= 4 is 0 Å². The highest BCUT2D eigenvalue weighted by atomic mass is 19.1. The van der Waals surface area contributed by atoms with Crippen LogP contribution in [0.4, 0.5) is 4.39 Å². The lowest BCUT2D eigenvalue weighted by molar-refractivity contribution is 0.193. The zero-order chi connectivity index (χ0) is 10.6. The van der Waals surface area contributed by atoms with Gasteiger partial charge in [0, 0.05) is 11.6 Å². The second-order valence-corrected chi connectivity index (χ2v) is 2.85.